The Balaban J connectivity index is 2.62. The third-order valence-corrected chi connectivity index (χ3v) is 8.31. The molecule has 2 rings (SSSR count). The topological polar surface area (TPSA) is 0 Å². The molecule has 0 aromatic heterocycles. The molecule has 0 radical (unpaired) electrons. The summed E-state index contributed by atoms with van der Waals surface area (Å²) < 4.78 is 0. The maximum absolute atomic E-state index is 2.42. The third-order valence-electron chi connectivity index (χ3n) is 4.12. The molecular weight excluding hydrogens is 295 g/mol. The molecule has 2 aromatic rings. The summed E-state index contributed by atoms with van der Waals surface area (Å²) in [5, 5.41) is 3.00. The minimum atomic E-state index is -1.46. The molecule has 0 aliphatic rings. The SMILES string of the molecule is CC(C)=CC[P+](CC=C(C)C)(c1ccccc1)c1ccccc1. The molecule has 0 heterocycles. The number of benzene rings is 2. The minimum absolute atomic E-state index is 1.13. The Morgan fingerprint density at radius 2 is 1.00 bits per heavy atom. The van der Waals surface area contributed by atoms with E-state index in [1.807, 2.05) is 0 Å². The van der Waals surface area contributed by atoms with Gasteiger partial charge in [0.25, 0.3) is 0 Å². The number of allylic oxidation sites excluding steroid dienone is 4. The molecule has 0 atom stereocenters. The van der Waals surface area contributed by atoms with Crippen LogP contribution in [0.25, 0.3) is 0 Å². The van der Waals surface area contributed by atoms with Gasteiger partial charge in [-0.15, -0.1) is 0 Å². The predicted octanol–water partition coefficient (Wildman–Crippen LogP) is 5.59. The van der Waals surface area contributed by atoms with Gasteiger partial charge in [0.1, 0.15) is 0 Å². The summed E-state index contributed by atoms with van der Waals surface area (Å²) in [6.07, 6.45) is 7.11. The minimum Gasteiger partial charge on any atom is -0.0768 e. The Hall–Kier alpha value is -1.65. The van der Waals surface area contributed by atoms with E-state index in [1.54, 1.807) is 0 Å². The second kappa shape index (κ2) is 8.27. The zero-order chi connectivity index (χ0) is 16.7. The molecule has 0 aliphatic carbocycles. The van der Waals surface area contributed by atoms with Crippen molar-refractivity contribution in [2.45, 2.75) is 27.7 Å². The summed E-state index contributed by atoms with van der Waals surface area (Å²) >= 11 is 0. The van der Waals surface area contributed by atoms with Crippen LogP contribution in [-0.2, 0) is 0 Å². The Bertz CT molecular complexity index is 596. The number of rotatable bonds is 6. The van der Waals surface area contributed by atoms with Crippen molar-refractivity contribution in [3.05, 3.63) is 84.0 Å². The van der Waals surface area contributed by atoms with Crippen LogP contribution in [0.1, 0.15) is 27.7 Å². The van der Waals surface area contributed by atoms with Crippen molar-refractivity contribution < 1.29 is 0 Å². The van der Waals surface area contributed by atoms with Crippen LogP contribution in [0.2, 0.25) is 0 Å². The highest BCUT2D eigenvalue weighted by molar-refractivity contribution is 7.89. The zero-order valence-corrected chi connectivity index (χ0v) is 15.7. The van der Waals surface area contributed by atoms with Gasteiger partial charge in [-0.1, -0.05) is 47.5 Å². The van der Waals surface area contributed by atoms with Crippen molar-refractivity contribution in [1.29, 1.82) is 0 Å². The van der Waals surface area contributed by atoms with E-state index < -0.39 is 7.26 Å². The summed E-state index contributed by atoms with van der Waals surface area (Å²) in [4.78, 5) is 0. The fraction of sp³-hybridized carbons (Fsp3) is 0.273. The largest absolute Gasteiger partial charge is 0.0998 e. The maximum Gasteiger partial charge on any atom is 0.0998 e. The van der Waals surface area contributed by atoms with Crippen molar-refractivity contribution in [3.8, 4) is 0 Å². The van der Waals surface area contributed by atoms with E-state index in [2.05, 4.69) is 101 Å². The second-order valence-electron chi connectivity index (χ2n) is 6.57. The lowest BCUT2D eigenvalue weighted by molar-refractivity contribution is 1.35. The predicted molar refractivity (Wildman–Crippen MR) is 108 cm³/mol. The summed E-state index contributed by atoms with van der Waals surface area (Å²) in [7, 11) is -1.46. The van der Waals surface area contributed by atoms with Crippen LogP contribution < -0.4 is 10.6 Å². The van der Waals surface area contributed by atoms with Gasteiger partial charge in [-0.05, 0) is 64.1 Å². The molecule has 0 N–H and O–H groups in total. The van der Waals surface area contributed by atoms with Gasteiger partial charge in [0.15, 0.2) is 0 Å². The lowest BCUT2D eigenvalue weighted by Crippen LogP contribution is -2.26. The van der Waals surface area contributed by atoms with Gasteiger partial charge in [-0.2, -0.15) is 0 Å². The van der Waals surface area contributed by atoms with E-state index in [1.165, 1.54) is 21.8 Å². The highest BCUT2D eigenvalue weighted by Gasteiger charge is 2.40. The summed E-state index contributed by atoms with van der Waals surface area (Å²) in [6, 6.07) is 22.2. The first-order chi connectivity index (χ1) is 11.0. The first-order valence-electron chi connectivity index (χ1n) is 8.29. The lowest BCUT2D eigenvalue weighted by atomic mass is 10.3. The van der Waals surface area contributed by atoms with Crippen molar-refractivity contribution in [3.63, 3.8) is 0 Å². The zero-order valence-electron chi connectivity index (χ0n) is 14.8. The number of hydrogen-bond acceptors (Lipinski definition) is 0. The first-order valence-corrected chi connectivity index (χ1v) is 10.5. The molecule has 0 saturated carbocycles. The van der Waals surface area contributed by atoms with Gasteiger partial charge < -0.3 is 0 Å². The smallest absolute Gasteiger partial charge is 0.0768 e. The Labute approximate surface area is 142 Å². The fourth-order valence-electron chi connectivity index (χ4n) is 2.75. The van der Waals surface area contributed by atoms with Crippen LogP contribution in [0.15, 0.2) is 84.0 Å². The molecule has 0 aliphatic heterocycles. The van der Waals surface area contributed by atoms with Crippen LogP contribution in [0.4, 0.5) is 0 Å². The van der Waals surface area contributed by atoms with Gasteiger partial charge in [-0.3, -0.25) is 0 Å². The van der Waals surface area contributed by atoms with E-state index >= 15 is 0 Å². The van der Waals surface area contributed by atoms with Crippen LogP contribution in [0.3, 0.4) is 0 Å². The summed E-state index contributed by atoms with van der Waals surface area (Å²) in [5.41, 5.74) is 2.80. The van der Waals surface area contributed by atoms with Crippen molar-refractivity contribution in [2.75, 3.05) is 12.3 Å². The molecule has 0 amide bonds. The molecule has 0 bridgehead atoms. The van der Waals surface area contributed by atoms with Crippen molar-refractivity contribution >= 4 is 17.9 Å². The summed E-state index contributed by atoms with van der Waals surface area (Å²) in [6.45, 7) is 8.80. The van der Waals surface area contributed by atoms with Gasteiger partial charge in [0, 0.05) is 0 Å². The fourth-order valence-corrected chi connectivity index (χ4v) is 6.88. The third kappa shape index (κ3) is 4.66. The molecule has 0 saturated heterocycles. The van der Waals surface area contributed by atoms with Gasteiger partial charge in [0.2, 0.25) is 0 Å². The standard InChI is InChI=1S/C22H28P/c1-19(2)15-17-23(18-16-20(3)4,21-11-7-5-8-12-21)22-13-9-6-10-14-22/h5-16H,17-18H2,1-4H3/q+1. The van der Waals surface area contributed by atoms with Gasteiger partial charge >= 0.3 is 0 Å². The lowest BCUT2D eigenvalue weighted by Gasteiger charge is -2.26. The first kappa shape index (κ1) is 17.7. The normalized spacial score (nSPS) is 11.0. The Morgan fingerprint density at radius 3 is 1.30 bits per heavy atom. The number of hydrogen-bond donors (Lipinski definition) is 0. The van der Waals surface area contributed by atoms with Crippen LogP contribution in [-0.4, -0.2) is 12.3 Å². The van der Waals surface area contributed by atoms with Crippen LogP contribution >= 0.6 is 7.26 Å². The van der Waals surface area contributed by atoms with E-state index in [-0.39, 0.29) is 0 Å². The second-order valence-corrected chi connectivity index (χ2v) is 10.3. The van der Waals surface area contributed by atoms with Crippen molar-refractivity contribution in [1.82, 2.24) is 0 Å². The molecule has 0 unspecified atom stereocenters. The highest BCUT2D eigenvalue weighted by Crippen LogP contribution is 2.56. The average Bonchev–Trinajstić information content (AvgIpc) is 2.56. The molecular formula is C22H28P+. The molecule has 2 aromatic carbocycles. The Kier molecular flexibility index (Phi) is 6.37. The van der Waals surface area contributed by atoms with E-state index in [9.17, 15) is 0 Å². The van der Waals surface area contributed by atoms with E-state index in [0.29, 0.717) is 0 Å². The van der Waals surface area contributed by atoms with Crippen LogP contribution in [0.5, 0.6) is 0 Å². The van der Waals surface area contributed by atoms with Crippen LogP contribution in [0, 0.1) is 0 Å². The average molecular weight is 323 g/mol. The molecule has 0 fully saturated rings. The van der Waals surface area contributed by atoms with Crippen molar-refractivity contribution in [2.24, 2.45) is 0 Å². The van der Waals surface area contributed by atoms with E-state index in [0.717, 1.165) is 12.3 Å². The molecule has 120 valence electrons. The highest BCUT2D eigenvalue weighted by atomic mass is 31.2. The molecule has 1 heteroatoms. The Morgan fingerprint density at radius 1 is 0.652 bits per heavy atom. The van der Waals surface area contributed by atoms with E-state index in [4.69, 9.17) is 0 Å². The monoisotopic (exact) mass is 323 g/mol. The quantitative estimate of drug-likeness (QED) is 0.480. The maximum atomic E-state index is 2.42. The molecule has 0 nitrogen and oxygen atoms in total. The molecule has 23 heavy (non-hydrogen) atoms. The summed E-state index contributed by atoms with van der Waals surface area (Å²) in [5.74, 6) is 0. The molecule has 0 spiro atoms. The van der Waals surface area contributed by atoms with Gasteiger partial charge in [-0.25, -0.2) is 0 Å². The van der Waals surface area contributed by atoms with Gasteiger partial charge in [0.05, 0.1) is 30.2 Å².